The van der Waals surface area contributed by atoms with Crippen molar-refractivity contribution < 1.29 is 23.1 Å². The molecule has 0 saturated heterocycles. The lowest BCUT2D eigenvalue weighted by Gasteiger charge is -2.13. The third-order valence-corrected chi connectivity index (χ3v) is 4.04. The van der Waals surface area contributed by atoms with Gasteiger partial charge in [-0.05, 0) is 43.7 Å². The molecule has 6 nitrogen and oxygen atoms in total. The largest absolute Gasteiger partial charge is 0.448 e. The molecular formula is C21H19FN2O4. The van der Waals surface area contributed by atoms with Gasteiger partial charge in [0, 0.05) is 12.1 Å². The number of rotatable bonds is 6. The second-order valence-corrected chi connectivity index (χ2v) is 6.18. The molecule has 7 heteroatoms. The van der Waals surface area contributed by atoms with Gasteiger partial charge in [0.15, 0.2) is 11.8 Å². The van der Waals surface area contributed by atoms with Crippen molar-refractivity contribution in [3.8, 4) is 11.5 Å². The number of aryl methyl sites for hydroxylation is 1. The van der Waals surface area contributed by atoms with Gasteiger partial charge in [0.1, 0.15) is 11.6 Å². The first-order valence-corrected chi connectivity index (χ1v) is 8.70. The van der Waals surface area contributed by atoms with E-state index < -0.39 is 18.0 Å². The van der Waals surface area contributed by atoms with E-state index in [2.05, 4.69) is 10.3 Å². The van der Waals surface area contributed by atoms with Gasteiger partial charge >= 0.3 is 5.97 Å². The number of hydrogen-bond acceptors (Lipinski definition) is 5. The zero-order valence-corrected chi connectivity index (χ0v) is 15.4. The minimum atomic E-state index is -1.02. The molecule has 0 spiro atoms. The number of nitrogens with one attached hydrogen (secondary N) is 1. The quantitative estimate of drug-likeness (QED) is 0.658. The van der Waals surface area contributed by atoms with Crippen LogP contribution in [0.1, 0.15) is 28.7 Å². The van der Waals surface area contributed by atoms with Crippen LogP contribution in [-0.2, 0) is 16.1 Å². The molecule has 1 aromatic heterocycles. The zero-order valence-electron chi connectivity index (χ0n) is 15.4. The Hall–Kier alpha value is -3.48. The Labute approximate surface area is 161 Å². The average molecular weight is 382 g/mol. The number of benzene rings is 2. The Kier molecular flexibility index (Phi) is 5.84. The van der Waals surface area contributed by atoms with Crippen LogP contribution in [0.5, 0.6) is 0 Å². The summed E-state index contributed by atoms with van der Waals surface area (Å²) in [6, 6.07) is 14.9. The highest BCUT2D eigenvalue weighted by Crippen LogP contribution is 2.22. The zero-order chi connectivity index (χ0) is 20.1. The smallest absolute Gasteiger partial charge is 0.361 e. The SMILES string of the molecule is Cc1oc(-c2ccccc2)nc1C(=O)O[C@@H](C)C(=O)NCc1ccc(F)cc1. The van der Waals surface area contributed by atoms with E-state index in [1.165, 1.54) is 19.1 Å². The van der Waals surface area contributed by atoms with Gasteiger partial charge in [0.25, 0.3) is 5.91 Å². The first kappa shape index (κ1) is 19.3. The topological polar surface area (TPSA) is 81.4 Å². The van der Waals surface area contributed by atoms with Crippen molar-refractivity contribution in [2.24, 2.45) is 0 Å². The summed E-state index contributed by atoms with van der Waals surface area (Å²) in [4.78, 5) is 28.7. The summed E-state index contributed by atoms with van der Waals surface area (Å²) in [6.45, 7) is 3.27. The minimum Gasteiger partial charge on any atom is -0.448 e. The molecule has 0 aliphatic rings. The Morgan fingerprint density at radius 3 is 2.50 bits per heavy atom. The summed E-state index contributed by atoms with van der Waals surface area (Å²) >= 11 is 0. The molecule has 144 valence electrons. The van der Waals surface area contributed by atoms with Crippen molar-refractivity contribution in [3.05, 3.63) is 77.4 Å². The highest BCUT2D eigenvalue weighted by atomic mass is 19.1. The molecular weight excluding hydrogens is 363 g/mol. The van der Waals surface area contributed by atoms with Crippen LogP contribution in [0.2, 0.25) is 0 Å². The lowest BCUT2D eigenvalue weighted by atomic mass is 10.2. The second kappa shape index (κ2) is 8.47. The van der Waals surface area contributed by atoms with Crippen LogP contribution in [0, 0.1) is 12.7 Å². The van der Waals surface area contributed by atoms with Crippen LogP contribution in [0.25, 0.3) is 11.5 Å². The molecule has 2 aromatic carbocycles. The van der Waals surface area contributed by atoms with Gasteiger partial charge in [-0.2, -0.15) is 0 Å². The van der Waals surface area contributed by atoms with E-state index in [9.17, 15) is 14.0 Å². The van der Waals surface area contributed by atoms with Gasteiger partial charge in [-0.25, -0.2) is 14.2 Å². The van der Waals surface area contributed by atoms with Crippen LogP contribution in [0.4, 0.5) is 4.39 Å². The van der Waals surface area contributed by atoms with Gasteiger partial charge in [0.05, 0.1) is 0 Å². The summed E-state index contributed by atoms with van der Waals surface area (Å²) < 4.78 is 23.6. The number of carbonyl (C=O) groups is 2. The summed E-state index contributed by atoms with van der Waals surface area (Å²) in [5, 5.41) is 2.64. The van der Waals surface area contributed by atoms with Gasteiger partial charge in [-0.1, -0.05) is 30.3 Å². The number of amides is 1. The first-order chi connectivity index (χ1) is 13.4. The molecule has 3 rings (SSSR count). The predicted molar refractivity (Wildman–Crippen MR) is 99.8 cm³/mol. The first-order valence-electron chi connectivity index (χ1n) is 8.70. The number of oxazole rings is 1. The van der Waals surface area contributed by atoms with Gasteiger partial charge in [0.2, 0.25) is 5.89 Å². The lowest BCUT2D eigenvalue weighted by Crippen LogP contribution is -2.35. The van der Waals surface area contributed by atoms with Crippen molar-refractivity contribution in [1.82, 2.24) is 10.3 Å². The van der Waals surface area contributed by atoms with E-state index in [0.29, 0.717) is 11.7 Å². The lowest BCUT2D eigenvalue weighted by molar-refractivity contribution is -0.129. The van der Waals surface area contributed by atoms with Crippen LogP contribution >= 0.6 is 0 Å². The Morgan fingerprint density at radius 1 is 1.14 bits per heavy atom. The number of hydrogen-bond donors (Lipinski definition) is 1. The number of halogens is 1. The molecule has 28 heavy (non-hydrogen) atoms. The molecule has 0 bridgehead atoms. The third-order valence-electron chi connectivity index (χ3n) is 4.04. The second-order valence-electron chi connectivity index (χ2n) is 6.18. The monoisotopic (exact) mass is 382 g/mol. The van der Waals surface area contributed by atoms with Gasteiger partial charge in [-0.15, -0.1) is 0 Å². The fourth-order valence-corrected chi connectivity index (χ4v) is 2.50. The summed E-state index contributed by atoms with van der Waals surface area (Å²) in [7, 11) is 0. The van der Waals surface area contributed by atoms with Crippen LogP contribution < -0.4 is 5.32 Å². The molecule has 0 saturated carbocycles. The van der Waals surface area contributed by atoms with Crippen molar-refractivity contribution in [3.63, 3.8) is 0 Å². The molecule has 1 amide bonds. The fraction of sp³-hybridized carbons (Fsp3) is 0.190. The highest BCUT2D eigenvalue weighted by Gasteiger charge is 2.24. The van der Waals surface area contributed by atoms with E-state index >= 15 is 0 Å². The van der Waals surface area contributed by atoms with Crippen LogP contribution in [0.15, 0.2) is 59.0 Å². The molecule has 0 fully saturated rings. The average Bonchev–Trinajstić information content (AvgIpc) is 3.09. The molecule has 0 radical (unpaired) electrons. The Balaban J connectivity index is 1.60. The number of aromatic nitrogens is 1. The van der Waals surface area contributed by atoms with E-state index in [0.717, 1.165) is 11.1 Å². The van der Waals surface area contributed by atoms with Gasteiger partial charge < -0.3 is 14.5 Å². The number of esters is 1. The Morgan fingerprint density at radius 2 is 1.82 bits per heavy atom. The molecule has 0 unspecified atom stereocenters. The van der Waals surface area contributed by atoms with Gasteiger partial charge in [-0.3, -0.25) is 4.79 Å². The predicted octanol–water partition coefficient (Wildman–Crippen LogP) is 3.65. The van der Waals surface area contributed by atoms with E-state index in [4.69, 9.17) is 9.15 Å². The number of ether oxygens (including phenoxy) is 1. The maximum absolute atomic E-state index is 12.9. The van der Waals surface area contributed by atoms with E-state index in [1.807, 2.05) is 30.3 Å². The maximum atomic E-state index is 12.9. The molecule has 1 heterocycles. The summed E-state index contributed by atoms with van der Waals surface area (Å²) in [5.41, 5.74) is 1.49. The summed E-state index contributed by atoms with van der Waals surface area (Å²) in [5.74, 6) is -0.952. The minimum absolute atomic E-state index is 0.0250. The van der Waals surface area contributed by atoms with Crippen LogP contribution in [0.3, 0.4) is 0 Å². The molecule has 0 aliphatic heterocycles. The van der Waals surface area contributed by atoms with Crippen molar-refractivity contribution >= 4 is 11.9 Å². The maximum Gasteiger partial charge on any atom is 0.361 e. The van der Waals surface area contributed by atoms with Crippen molar-refractivity contribution in [1.29, 1.82) is 0 Å². The van der Waals surface area contributed by atoms with Crippen molar-refractivity contribution in [2.45, 2.75) is 26.5 Å². The van der Waals surface area contributed by atoms with E-state index in [-0.39, 0.29) is 18.1 Å². The molecule has 3 aromatic rings. The van der Waals surface area contributed by atoms with Crippen molar-refractivity contribution in [2.75, 3.05) is 0 Å². The number of nitrogens with zero attached hydrogens (tertiary/aromatic N) is 1. The highest BCUT2D eigenvalue weighted by molar-refractivity contribution is 5.91. The molecule has 1 atom stereocenters. The van der Waals surface area contributed by atoms with E-state index in [1.54, 1.807) is 19.1 Å². The molecule has 1 N–H and O–H groups in total. The van der Waals surface area contributed by atoms with Crippen LogP contribution in [-0.4, -0.2) is 23.0 Å². The standard InChI is InChI=1S/C21H19FN2O4/c1-13-18(24-20(27-13)16-6-4-3-5-7-16)21(26)28-14(2)19(25)23-12-15-8-10-17(22)11-9-15/h3-11,14H,12H2,1-2H3,(H,23,25)/t14-/m0/s1. The normalized spacial score (nSPS) is 11.7. The third kappa shape index (κ3) is 4.62. The number of carbonyl (C=O) groups excluding carboxylic acids is 2. The summed E-state index contributed by atoms with van der Waals surface area (Å²) in [6.07, 6.45) is -1.02. The fourth-order valence-electron chi connectivity index (χ4n) is 2.50. The molecule has 0 aliphatic carbocycles. The Bertz CT molecular complexity index is 968.